The molecule has 1 aromatic heterocycles. The zero-order chi connectivity index (χ0) is 21.5. The topological polar surface area (TPSA) is 102 Å². The summed E-state index contributed by atoms with van der Waals surface area (Å²) in [5.74, 6) is 1.49. The molecule has 2 aliphatic heterocycles. The van der Waals surface area contributed by atoms with E-state index in [-0.39, 0.29) is 29.3 Å². The van der Waals surface area contributed by atoms with Gasteiger partial charge >= 0.3 is 0 Å². The van der Waals surface area contributed by atoms with Gasteiger partial charge in [0.15, 0.2) is 17.3 Å². The number of aryl methyl sites for hydroxylation is 2. The van der Waals surface area contributed by atoms with Crippen molar-refractivity contribution in [3.8, 4) is 11.5 Å². The van der Waals surface area contributed by atoms with Crippen LogP contribution < -0.4 is 9.47 Å². The number of sulfonamides is 1. The van der Waals surface area contributed by atoms with Gasteiger partial charge in [0, 0.05) is 32.6 Å². The van der Waals surface area contributed by atoms with Gasteiger partial charge in [-0.15, -0.1) is 0 Å². The van der Waals surface area contributed by atoms with E-state index in [0.29, 0.717) is 49.7 Å². The monoisotopic (exact) mass is 435 g/mol. The van der Waals surface area contributed by atoms with E-state index in [4.69, 9.17) is 14.0 Å². The molecule has 1 aromatic carbocycles. The van der Waals surface area contributed by atoms with Crippen LogP contribution in [0.15, 0.2) is 27.6 Å². The highest BCUT2D eigenvalue weighted by molar-refractivity contribution is 7.89. The molecule has 9 nitrogen and oxygen atoms in total. The lowest BCUT2D eigenvalue weighted by molar-refractivity contribution is -0.135. The van der Waals surface area contributed by atoms with Crippen molar-refractivity contribution in [2.75, 3.05) is 26.9 Å². The number of hydrogen-bond donors (Lipinski definition) is 0. The number of ether oxygens (including phenoxy) is 2. The van der Waals surface area contributed by atoms with E-state index in [1.54, 1.807) is 25.8 Å². The number of carbonyl (C=O) groups excluding carboxylic acids is 1. The van der Waals surface area contributed by atoms with Crippen molar-refractivity contribution >= 4 is 15.9 Å². The van der Waals surface area contributed by atoms with Gasteiger partial charge in [0.05, 0.1) is 0 Å². The third-order valence-corrected chi connectivity index (χ3v) is 7.75. The molecule has 0 saturated carbocycles. The zero-order valence-corrected chi connectivity index (χ0v) is 18.1. The fourth-order valence-electron chi connectivity index (χ4n) is 4.02. The fraction of sp³-hybridized carbons (Fsp3) is 0.500. The van der Waals surface area contributed by atoms with Gasteiger partial charge in [-0.2, -0.15) is 4.31 Å². The van der Waals surface area contributed by atoms with Gasteiger partial charge < -0.3 is 18.9 Å². The Bertz CT molecular complexity index is 1040. The van der Waals surface area contributed by atoms with Gasteiger partial charge in [-0.3, -0.25) is 4.79 Å². The van der Waals surface area contributed by atoms with E-state index < -0.39 is 10.0 Å². The molecule has 0 N–H and O–H groups in total. The Kier molecular flexibility index (Phi) is 5.46. The van der Waals surface area contributed by atoms with Crippen LogP contribution in [-0.2, 0) is 21.4 Å². The highest BCUT2D eigenvalue weighted by Crippen LogP contribution is 2.33. The molecule has 0 aliphatic carbocycles. The summed E-state index contributed by atoms with van der Waals surface area (Å²) >= 11 is 0. The first kappa shape index (κ1) is 20.7. The number of amides is 1. The summed E-state index contributed by atoms with van der Waals surface area (Å²) in [5, 5.41) is 3.75. The maximum Gasteiger partial charge on any atom is 0.248 e. The average Bonchev–Trinajstić information content (AvgIpc) is 3.33. The van der Waals surface area contributed by atoms with Crippen LogP contribution in [0, 0.1) is 19.8 Å². The Hall–Kier alpha value is -2.59. The molecule has 1 fully saturated rings. The average molecular weight is 436 g/mol. The SMILES string of the molecule is Cc1noc(C)c1S(=O)(=O)N1CCC(C(=O)N(C)Cc2ccc3c(c2)OCO3)CC1. The van der Waals surface area contributed by atoms with Gasteiger partial charge in [0.1, 0.15) is 10.6 Å². The molecule has 0 radical (unpaired) electrons. The molecular formula is C20H25N3O6S. The quantitative estimate of drug-likeness (QED) is 0.708. The molecule has 162 valence electrons. The maximum atomic E-state index is 12.9. The molecule has 1 saturated heterocycles. The summed E-state index contributed by atoms with van der Waals surface area (Å²) in [5.41, 5.74) is 1.31. The standard InChI is InChI=1S/C20H25N3O6S/c1-13-19(14(2)29-21-13)30(25,26)23-8-6-16(7-9-23)20(24)22(3)11-15-4-5-17-18(10-15)28-12-27-17/h4-5,10,16H,6-9,11-12H2,1-3H3. The van der Waals surface area contributed by atoms with Crippen molar-refractivity contribution in [2.24, 2.45) is 5.92 Å². The van der Waals surface area contributed by atoms with Gasteiger partial charge in [-0.25, -0.2) is 8.42 Å². The number of fused-ring (bicyclic) bond motifs is 1. The van der Waals surface area contributed by atoms with Crippen LogP contribution in [0.5, 0.6) is 11.5 Å². The minimum absolute atomic E-state index is 0.0158. The minimum atomic E-state index is -3.68. The Morgan fingerprint density at radius 2 is 1.90 bits per heavy atom. The molecule has 30 heavy (non-hydrogen) atoms. The number of aromatic nitrogens is 1. The number of hydrogen-bond acceptors (Lipinski definition) is 7. The molecular weight excluding hydrogens is 410 g/mol. The summed E-state index contributed by atoms with van der Waals surface area (Å²) in [4.78, 5) is 14.7. The zero-order valence-electron chi connectivity index (χ0n) is 17.3. The molecule has 3 heterocycles. The highest BCUT2D eigenvalue weighted by Gasteiger charge is 2.36. The van der Waals surface area contributed by atoms with Crippen molar-refractivity contribution in [2.45, 2.75) is 38.1 Å². The van der Waals surface area contributed by atoms with E-state index in [2.05, 4.69) is 5.16 Å². The van der Waals surface area contributed by atoms with Crippen LogP contribution in [0.2, 0.25) is 0 Å². The lowest BCUT2D eigenvalue weighted by atomic mass is 9.96. The fourth-order valence-corrected chi connectivity index (χ4v) is 5.78. The summed E-state index contributed by atoms with van der Waals surface area (Å²) in [6.45, 7) is 4.45. The third kappa shape index (κ3) is 3.77. The van der Waals surface area contributed by atoms with Crippen LogP contribution in [-0.4, -0.2) is 55.6 Å². The lowest BCUT2D eigenvalue weighted by Gasteiger charge is -2.32. The van der Waals surface area contributed by atoms with Crippen LogP contribution in [0.4, 0.5) is 0 Å². The van der Waals surface area contributed by atoms with Crippen LogP contribution in [0.1, 0.15) is 29.9 Å². The number of rotatable bonds is 5. The molecule has 2 aromatic rings. The summed E-state index contributed by atoms with van der Waals surface area (Å²) < 4.78 is 43.0. The molecule has 10 heteroatoms. The van der Waals surface area contributed by atoms with E-state index in [9.17, 15) is 13.2 Å². The van der Waals surface area contributed by atoms with Crippen molar-refractivity contribution in [3.05, 3.63) is 35.2 Å². The summed E-state index contributed by atoms with van der Waals surface area (Å²) in [6.07, 6.45) is 0.958. The normalized spacial score (nSPS) is 17.3. The van der Waals surface area contributed by atoms with Crippen molar-refractivity contribution in [1.29, 1.82) is 0 Å². The Balaban J connectivity index is 1.37. The molecule has 0 unspecified atom stereocenters. The lowest BCUT2D eigenvalue weighted by Crippen LogP contribution is -2.43. The van der Waals surface area contributed by atoms with Gasteiger partial charge in [0.25, 0.3) is 0 Å². The first-order chi connectivity index (χ1) is 14.3. The van der Waals surface area contributed by atoms with Crippen molar-refractivity contribution in [3.63, 3.8) is 0 Å². The molecule has 4 rings (SSSR count). The Morgan fingerprint density at radius 1 is 1.20 bits per heavy atom. The largest absolute Gasteiger partial charge is 0.454 e. The smallest absolute Gasteiger partial charge is 0.248 e. The van der Waals surface area contributed by atoms with E-state index in [0.717, 1.165) is 5.56 Å². The summed E-state index contributed by atoms with van der Waals surface area (Å²) in [7, 11) is -1.91. The van der Waals surface area contributed by atoms with Crippen molar-refractivity contribution < 1.29 is 27.2 Å². The molecule has 0 bridgehead atoms. The number of piperidine rings is 1. The van der Waals surface area contributed by atoms with E-state index in [1.165, 1.54) is 4.31 Å². The summed E-state index contributed by atoms with van der Waals surface area (Å²) in [6, 6.07) is 5.63. The molecule has 1 amide bonds. The number of carbonyl (C=O) groups is 1. The second kappa shape index (κ2) is 7.92. The Labute approximate surface area is 175 Å². The van der Waals surface area contributed by atoms with E-state index in [1.807, 2.05) is 18.2 Å². The first-order valence-corrected chi connectivity index (χ1v) is 11.3. The van der Waals surface area contributed by atoms with Crippen LogP contribution >= 0.6 is 0 Å². The van der Waals surface area contributed by atoms with Gasteiger partial charge in [-0.05, 0) is 44.4 Å². The van der Waals surface area contributed by atoms with Crippen LogP contribution in [0.3, 0.4) is 0 Å². The molecule has 0 atom stereocenters. The minimum Gasteiger partial charge on any atom is -0.454 e. The maximum absolute atomic E-state index is 12.9. The predicted molar refractivity (Wildman–Crippen MR) is 106 cm³/mol. The third-order valence-electron chi connectivity index (χ3n) is 5.60. The number of nitrogens with zero attached hydrogens (tertiary/aromatic N) is 3. The van der Waals surface area contributed by atoms with Gasteiger partial charge in [0.2, 0.25) is 22.7 Å². The highest BCUT2D eigenvalue weighted by atomic mass is 32.2. The first-order valence-electron chi connectivity index (χ1n) is 9.84. The second-order valence-electron chi connectivity index (χ2n) is 7.71. The molecule has 0 spiro atoms. The van der Waals surface area contributed by atoms with Gasteiger partial charge in [-0.1, -0.05) is 11.2 Å². The predicted octanol–water partition coefficient (Wildman–Crippen LogP) is 2.08. The van der Waals surface area contributed by atoms with E-state index >= 15 is 0 Å². The second-order valence-corrected chi connectivity index (χ2v) is 9.59. The molecule has 2 aliphatic rings. The van der Waals surface area contributed by atoms with Crippen LogP contribution in [0.25, 0.3) is 0 Å². The number of benzene rings is 1. The Morgan fingerprint density at radius 3 is 2.57 bits per heavy atom. The van der Waals surface area contributed by atoms with Crippen molar-refractivity contribution in [1.82, 2.24) is 14.4 Å².